The molecule has 1 aromatic rings. The predicted molar refractivity (Wildman–Crippen MR) is 51.3 cm³/mol. The third-order valence-corrected chi connectivity index (χ3v) is 2.76. The highest BCUT2D eigenvalue weighted by atomic mass is 32.2. The number of aromatic nitrogens is 2. The molecule has 9 heteroatoms. The van der Waals surface area contributed by atoms with Gasteiger partial charge in [0, 0.05) is 12.1 Å². The summed E-state index contributed by atoms with van der Waals surface area (Å²) in [6, 6.07) is 0. The number of hydrogen-bond donors (Lipinski definition) is 4. The highest BCUT2D eigenvalue weighted by molar-refractivity contribution is 7.90. The molecule has 0 saturated carbocycles. The van der Waals surface area contributed by atoms with Crippen LogP contribution in [0.2, 0.25) is 0 Å². The lowest BCUT2D eigenvalue weighted by Crippen LogP contribution is -2.29. The fourth-order valence-electron chi connectivity index (χ4n) is 0.863. The number of hydrogen-bond acceptors (Lipinski definition) is 5. The number of H-pyrrole nitrogens is 1. The van der Waals surface area contributed by atoms with Crippen LogP contribution in [0.25, 0.3) is 0 Å². The molecule has 15 heavy (non-hydrogen) atoms. The van der Waals surface area contributed by atoms with Crippen molar-refractivity contribution in [1.29, 1.82) is 0 Å². The third kappa shape index (κ3) is 3.56. The molecule has 1 aromatic heterocycles. The van der Waals surface area contributed by atoms with Gasteiger partial charge in [-0.15, -0.1) is 0 Å². The first kappa shape index (κ1) is 11.5. The SMILES string of the molecule is Nc1[nH]ncc1CNS(=O)(=O)CC(=O)O. The van der Waals surface area contributed by atoms with Crippen molar-refractivity contribution in [3.63, 3.8) is 0 Å². The number of anilines is 1. The molecule has 84 valence electrons. The normalized spacial score (nSPS) is 11.5. The monoisotopic (exact) mass is 234 g/mol. The number of rotatable bonds is 5. The van der Waals surface area contributed by atoms with E-state index in [9.17, 15) is 13.2 Å². The first-order chi connectivity index (χ1) is 6.91. The topological polar surface area (TPSA) is 138 Å². The number of aliphatic carboxylic acids is 1. The van der Waals surface area contributed by atoms with Crippen molar-refractivity contribution in [2.75, 3.05) is 11.5 Å². The van der Waals surface area contributed by atoms with Crippen LogP contribution in [0, 0.1) is 0 Å². The van der Waals surface area contributed by atoms with Gasteiger partial charge in [0.25, 0.3) is 0 Å². The van der Waals surface area contributed by atoms with E-state index in [0.29, 0.717) is 5.56 Å². The minimum atomic E-state index is -3.82. The summed E-state index contributed by atoms with van der Waals surface area (Å²) in [6.45, 7) is -0.0854. The Balaban J connectivity index is 2.58. The van der Waals surface area contributed by atoms with E-state index in [4.69, 9.17) is 10.8 Å². The molecule has 8 nitrogen and oxygen atoms in total. The minimum absolute atomic E-state index is 0.0854. The van der Waals surface area contributed by atoms with Crippen molar-refractivity contribution in [3.05, 3.63) is 11.8 Å². The van der Waals surface area contributed by atoms with Gasteiger partial charge in [0.1, 0.15) is 5.82 Å². The Kier molecular flexibility index (Phi) is 3.27. The highest BCUT2D eigenvalue weighted by Gasteiger charge is 2.15. The molecule has 0 aromatic carbocycles. The molecule has 0 amide bonds. The number of nitrogens with one attached hydrogen (secondary N) is 2. The van der Waals surface area contributed by atoms with Crippen LogP contribution in [0.15, 0.2) is 6.20 Å². The molecular formula is C6H10N4O4S. The van der Waals surface area contributed by atoms with Crippen molar-refractivity contribution in [2.45, 2.75) is 6.54 Å². The zero-order valence-electron chi connectivity index (χ0n) is 7.60. The van der Waals surface area contributed by atoms with E-state index in [1.54, 1.807) is 0 Å². The van der Waals surface area contributed by atoms with Crippen molar-refractivity contribution < 1.29 is 18.3 Å². The Bertz CT molecular complexity index is 451. The Morgan fingerprint density at radius 3 is 2.80 bits per heavy atom. The average molecular weight is 234 g/mol. The summed E-state index contributed by atoms with van der Waals surface area (Å²) >= 11 is 0. The van der Waals surface area contributed by atoms with E-state index in [-0.39, 0.29) is 12.4 Å². The summed E-state index contributed by atoms with van der Waals surface area (Å²) in [5.41, 5.74) is 5.86. The molecule has 0 atom stereocenters. The molecule has 0 spiro atoms. The lowest BCUT2D eigenvalue weighted by molar-refractivity contribution is -0.134. The smallest absolute Gasteiger partial charge is 0.320 e. The molecule has 0 fully saturated rings. The fourth-order valence-corrected chi connectivity index (χ4v) is 1.67. The van der Waals surface area contributed by atoms with Gasteiger partial charge >= 0.3 is 5.97 Å². The van der Waals surface area contributed by atoms with Gasteiger partial charge in [0.2, 0.25) is 10.0 Å². The lowest BCUT2D eigenvalue weighted by atomic mass is 10.3. The van der Waals surface area contributed by atoms with Crippen molar-refractivity contribution in [1.82, 2.24) is 14.9 Å². The van der Waals surface area contributed by atoms with Crippen LogP contribution in [-0.2, 0) is 21.4 Å². The summed E-state index contributed by atoms with van der Waals surface area (Å²) in [4.78, 5) is 10.2. The zero-order chi connectivity index (χ0) is 11.5. The maximum Gasteiger partial charge on any atom is 0.320 e. The van der Waals surface area contributed by atoms with Gasteiger partial charge in [0.05, 0.1) is 6.20 Å². The molecule has 0 saturated heterocycles. The molecule has 0 bridgehead atoms. The Morgan fingerprint density at radius 1 is 1.67 bits per heavy atom. The van der Waals surface area contributed by atoms with Gasteiger partial charge in [-0.25, -0.2) is 13.1 Å². The molecule has 0 aliphatic heterocycles. The molecule has 0 aliphatic rings. The minimum Gasteiger partial charge on any atom is -0.480 e. The number of aromatic amines is 1. The van der Waals surface area contributed by atoms with Crippen LogP contribution in [0.5, 0.6) is 0 Å². The number of carboxylic acid groups (broad SMARTS) is 1. The molecule has 1 heterocycles. The summed E-state index contributed by atoms with van der Waals surface area (Å²) < 4.78 is 24.3. The maximum atomic E-state index is 11.1. The number of nitrogen functional groups attached to an aromatic ring is 1. The standard InChI is InChI=1S/C6H10N4O4S/c7-6-4(1-8-10-6)2-9-15(13,14)3-5(11)12/h1,9H,2-3H2,(H,11,12)(H3,7,8,10). The number of nitrogens with zero attached hydrogens (tertiary/aromatic N) is 1. The van der Waals surface area contributed by atoms with E-state index < -0.39 is 21.7 Å². The third-order valence-electron chi connectivity index (χ3n) is 1.55. The quantitative estimate of drug-likeness (QED) is 0.489. The van der Waals surface area contributed by atoms with Gasteiger partial charge < -0.3 is 10.8 Å². The lowest BCUT2D eigenvalue weighted by Gasteiger charge is -2.02. The van der Waals surface area contributed by atoms with E-state index in [2.05, 4.69) is 14.9 Å². The Hall–Kier alpha value is -1.61. The van der Waals surface area contributed by atoms with Crippen LogP contribution in [-0.4, -0.2) is 35.4 Å². The second-order valence-corrected chi connectivity index (χ2v) is 4.59. The molecule has 5 N–H and O–H groups in total. The van der Waals surface area contributed by atoms with Crippen molar-refractivity contribution in [3.8, 4) is 0 Å². The maximum absolute atomic E-state index is 11.1. The highest BCUT2D eigenvalue weighted by Crippen LogP contribution is 2.05. The van der Waals surface area contributed by atoms with Crippen LogP contribution in [0.3, 0.4) is 0 Å². The second-order valence-electron chi connectivity index (χ2n) is 2.78. The van der Waals surface area contributed by atoms with Gasteiger partial charge in [0.15, 0.2) is 5.75 Å². The van der Waals surface area contributed by atoms with Crippen LogP contribution in [0.4, 0.5) is 5.82 Å². The van der Waals surface area contributed by atoms with E-state index in [1.165, 1.54) is 6.20 Å². The number of sulfonamides is 1. The summed E-state index contributed by atoms with van der Waals surface area (Å²) in [7, 11) is -3.82. The van der Waals surface area contributed by atoms with Crippen molar-refractivity contribution >= 4 is 21.8 Å². The predicted octanol–water partition coefficient (Wildman–Crippen LogP) is -1.50. The molecule has 0 aliphatic carbocycles. The van der Waals surface area contributed by atoms with E-state index in [1.807, 2.05) is 0 Å². The average Bonchev–Trinajstić information content (AvgIpc) is 2.45. The van der Waals surface area contributed by atoms with Crippen molar-refractivity contribution in [2.24, 2.45) is 0 Å². The number of nitrogens with two attached hydrogens (primary N) is 1. The molecule has 0 unspecified atom stereocenters. The first-order valence-corrected chi connectivity index (χ1v) is 5.53. The second kappa shape index (κ2) is 4.28. The number of carbonyl (C=O) groups is 1. The summed E-state index contributed by atoms with van der Waals surface area (Å²) in [5, 5.41) is 14.3. The van der Waals surface area contributed by atoms with E-state index in [0.717, 1.165) is 0 Å². The molecule has 1 rings (SSSR count). The first-order valence-electron chi connectivity index (χ1n) is 3.87. The Morgan fingerprint density at radius 2 is 2.33 bits per heavy atom. The van der Waals surface area contributed by atoms with Gasteiger partial charge in [-0.1, -0.05) is 0 Å². The van der Waals surface area contributed by atoms with Crippen LogP contribution in [0.1, 0.15) is 5.56 Å². The van der Waals surface area contributed by atoms with Crippen LogP contribution < -0.4 is 10.5 Å². The number of carboxylic acids is 1. The van der Waals surface area contributed by atoms with Gasteiger partial charge in [-0.05, 0) is 0 Å². The largest absolute Gasteiger partial charge is 0.480 e. The van der Waals surface area contributed by atoms with Gasteiger partial charge in [-0.2, -0.15) is 5.10 Å². The van der Waals surface area contributed by atoms with Crippen LogP contribution >= 0.6 is 0 Å². The Labute approximate surface area is 85.5 Å². The fraction of sp³-hybridized carbons (Fsp3) is 0.333. The van der Waals surface area contributed by atoms with E-state index >= 15 is 0 Å². The van der Waals surface area contributed by atoms with Gasteiger partial charge in [-0.3, -0.25) is 9.89 Å². The molecule has 0 radical (unpaired) electrons. The molecular weight excluding hydrogens is 224 g/mol. The summed E-state index contributed by atoms with van der Waals surface area (Å²) in [6.07, 6.45) is 1.36. The zero-order valence-corrected chi connectivity index (χ0v) is 8.41. The summed E-state index contributed by atoms with van der Waals surface area (Å²) in [5.74, 6) is -2.14.